The molecule has 36 heavy (non-hydrogen) atoms. The van der Waals surface area contributed by atoms with Gasteiger partial charge in [-0.05, 0) is 35.6 Å². The average Bonchev–Trinajstić information content (AvgIpc) is 3.38. The Labute approximate surface area is 213 Å². The molecule has 0 unspecified atom stereocenters. The number of rotatable bonds is 7. The Morgan fingerprint density at radius 1 is 0.778 bits per heavy atom. The summed E-state index contributed by atoms with van der Waals surface area (Å²) in [6.07, 6.45) is 0.525. The lowest BCUT2D eigenvalue weighted by Crippen LogP contribution is -2.50. The molecular formula is C32H32N2O2. The quantitative estimate of drug-likeness (QED) is 0.308. The predicted molar refractivity (Wildman–Crippen MR) is 144 cm³/mol. The lowest BCUT2D eigenvalue weighted by molar-refractivity contribution is 0.102. The van der Waals surface area contributed by atoms with Gasteiger partial charge in [0.1, 0.15) is 0 Å². The van der Waals surface area contributed by atoms with Gasteiger partial charge < -0.3 is 4.74 Å². The lowest BCUT2D eigenvalue weighted by Gasteiger charge is -2.39. The summed E-state index contributed by atoms with van der Waals surface area (Å²) in [7, 11) is 0. The fraction of sp³-hybridized carbons (Fsp3) is 0.219. The van der Waals surface area contributed by atoms with Crippen LogP contribution in [-0.4, -0.2) is 30.2 Å². The third kappa shape index (κ3) is 4.65. The molecule has 0 spiro atoms. The van der Waals surface area contributed by atoms with Crippen molar-refractivity contribution in [1.82, 2.24) is 10.2 Å². The number of hydrogen-bond acceptors (Lipinski definition) is 3. The van der Waals surface area contributed by atoms with Gasteiger partial charge >= 0.3 is 6.09 Å². The van der Waals surface area contributed by atoms with Crippen LogP contribution in [0.2, 0.25) is 0 Å². The fourth-order valence-electron chi connectivity index (χ4n) is 5.46. The Bertz CT molecular complexity index is 1150. The van der Waals surface area contributed by atoms with Crippen molar-refractivity contribution in [3.8, 4) is 0 Å². The van der Waals surface area contributed by atoms with Crippen molar-refractivity contribution in [2.45, 2.75) is 31.0 Å². The minimum Gasteiger partial charge on any atom is -0.450 e. The van der Waals surface area contributed by atoms with E-state index in [0.29, 0.717) is 13.2 Å². The van der Waals surface area contributed by atoms with E-state index in [0.717, 1.165) is 28.7 Å². The molecule has 0 bridgehead atoms. The van der Waals surface area contributed by atoms with Gasteiger partial charge in [0.05, 0.1) is 18.2 Å². The molecule has 1 fully saturated rings. The summed E-state index contributed by atoms with van der Waals surface area (Å²) in [5, 5.41) is 4.06. The zero-order valence-corrected chi connectivity index (χ0v) is 20.6. The maximum Gasteiger partial charge on any atom is 0.410 e. The van der Waals surface area contributed by atoms with Gasteiger partial charge in [-0.25, -0.2) is 4.79 Å². The molecule has 0 saturated carbocycles. The van der Waals surface area contributed by atoms with E-state index >= 15 is 0 Å². The van der Waals surface area contributed by atoms with Crippen LogP contribution in [0.25, 0.3) is 0 Å². The molecule has 1 aliphatic heterocycles. The molecule has 4 nitrogen and oxygen atoms in total. The molecule has 182 valence electrons. The second kappa shape index (κ2) is 10.8. The van der Waals surface area contributed by atoms with E-state index in [1.54, 1.807) is 0 Å². The summed E-state index contributed by atoms with van der Waals surface area (Å²) in [4.78, 5) is 14.9. The van der Waals surface area contributed by atoms with E-state index in [9.17, 15) is 4.79 Å². The maximum atomic E-state index is 13.0. The minimum atomic E-state index is -0.583. The number of carbonyl (C=O) groups is 1. The SMILES string of the molecule is CCOC(=O)N1C[C@@H](NC(c2ccccc2)(c2ccccc2)c2ccccc2)C[C@@H]1c1ccccc1. The van der Waals surface area contributed by atoms with E-state index < -0.39 is 5.54 Å². The number of amides is 1. The summed E-state index contributed by atoms with van der Waals surface area (Å²) in [5.74, 6) is 0. The largest absolute Gasteiger partial charge is 0.450 e. The summed E-state index contributed by atoms with van der Waals surface area (Å²) in [6, 6.07) is 42.0. The molecule has 1 heterocycles. The first-order valence-corrected chi connectivity index (χ1v) is 12.6. The first-order valence-electron chi connectivity index (χ1n) is 12.6. The first kappa shape index (κ1) is 23.8. The van der Waals surface area contributed by atoms with Crippen molar-refractivity contribution in [3.63, 3.8) is 0 Å². The van der Waals surface area contributed by atoms with Crippen LogP contribution in [0.1, 0.15) is 41.6 Å². The Morgan fingerprint density at radius 2 is 1.22 bits per heavy atom. The van der Waals surface area contributed by atoms with Crippen LogP contribution in [0.3, 0.4) is 0 Å². The molecule has 1 N–H and O–H groups in total. The zero-order chi connectivity index (χ0) is 24.8. The standard InChI is InChI=1S/C32H32N2O2/c1-2-36-31(35)34-24-29(23-30(34)25-15-7-3-8-16-25)33-32(26-17-9-4-10-18-26,27-19-11-5-12-20-27)28-21-13-6-14-22-28/h3-22,29-30,33H,2,23-24H2,1H3/t29-,30+/m0/s1. The highest BCUT2D eigenvalue weighted by atomic mass is 16.6. The highest BCUT2D eigenvalue weighted by Gasteiger charge is 2.43. The van der Waals surface area contributed by atoms with Crippen LogP contribution in [0.15, 0.2) is 121 Å². The van der Waals surface area contributed by atoms with Gasteiger partial charge in [0, 0.05) is 12.6 Å². The van der Waals surface area contributed by atoms with Crippen molar-refractivity contribution in [2.75, 3.05) is 13.2 Å². The summed E-state index contributed by atoms with van der Waals surface area (Å²) < 4.78 is 5.47. The lowest BCUT2D eigenvalue weighted by atomic mass is 9.76. The molecular weight excluding hydrogens is 444 g/mol. The molecule has 1 saturated heterocycles. The Morgan fingerprint density at radius 3 is 1.67 bits per heavy atom. The van der Waals surface area contributed by atoms with Crippen LogP contribution >= 0.6 is 0 Å². The number of nitrogens with one attached hydrogen (secondary N) is 1. The summed E-state index contributed by atoms with van der Waals surface area (Å²) in [6.45, 7) is 2.77. The van der Waals surface area contributed by atoms with Gasteiger partial charge in [-0.3, -0.25) is 10.2 Å². The van der Waals surface area contributed by atoms with Crippen molar-refractivity contribution in [3.05, 3.63) is 144 Å². The molecule has 1 amide bonds. The van der Waals surface area contributed by atoms with Crippen molar-refractivity contribution in [1.29, 1.82) is 0 Å². The molecule has 0 aromatic heterocycles. The molecule has 0 radical (unpaired) electrons. The number of likely N-dealkylation sites (tertiary alicyclic amines) is 1. The van der Waals surface area contributed by atoms with Crippen molar-refractivity contribution >= 4 is 6.09 Å². The second-order valence-electron chi connectivity index (χ2n) is 9.20. The molecule has 4 aromatic rings. The molecule has 5 rings (SSSR count). The summed E-state index contributed by atoms with van der Waals surface area (Å²) in [5.41, 5.74) is 4.02. The smallest absolute Gasteiger partial charge is 0.410 e. The second-order valence-corrected chi connectivity index (χ2v) is 9.20. The van der Waals surface area contributed by atoms with Gasteiger partial charge in [0.2, 0.25) is 0 Å². The third-order valence-electron chi connectivity index (χ3n) is 7.03. The maximum absolute atomic E-state index is 13.0. The normalized spacial score (nSPS) is 17.6. The van der Waals surface area contributed by atoms with Gasteiger partial charge in [-0.1, -0.05) is 121 Å². The van der Waals surface area contributed by atoms with Crippen LogP contribution in [0, 0.1) is 0 Å². The van der Waals surface area contributed by atoms with Gasteiger partial charge in [0.25, 0.3) is 0 Å². The van der Waals surface area contributed by atoms with E-state index in [1.807, 2.05) is 48.2 Å². The number of nitrogens with zero attached hydrogens (tertiary/aromatic N) is 1. The molecule has 1 aliphatic rings. The zero-order valence-electron chi connectivity index (χ0n) is 20.6. The van der Waals surface area contributed by atoms with Crippen LogP contribution in [0.5, 0.6) is 0 Å². The highest BCUT2D eigenvalue weighted by Crippen LogP contribution is 2.40. The van der Waals surface area contributed by atoms with Crippen molar-refractivity contribution < 1.29 is 9.53 Å². The van der Waals surface area contributed by atoms with E-state index in [-0.39, 0.29) is 18.2 Å². The number of benzene rings is 4. The van der Waals surface area contributed by atoms with E-state index in [1.165, 1.54) is 0 Å². The molecule has 4 aromatic carbocycles. The summed E-state index contributed by atoms with van der Waals surface area (Å²) >= 11 is 0. The fourth-order valence-corrected chi connectivity index (χ4v) is 5.46. The predicted octanol–water partition coefficient (Wildman–Crippen LogP) is 6.54. The van der Waals surface area contributed by atoms with Gasteiger partial charge in [-0.15, -0.1) is 0 Å². The highest BCUT2D eigenvalue weighted by molar-refractivity contribution is 5.69. The Kier molecular flexibility index (Phi) is 7.15. The van der Waals surface area contributed by atoms with Crippen LogP contribution < -0.4 is 5.32 Å². The number of hydrogen-bond donors (Lipinski definition) is 1. The third-order valence-corrected chi connectivity index (χ3v) is 7.03. The van der Waals surface area contributed by atoms with E-state index in [4.69, 9.17) is 4.74 Å². The molecule has 0 aliphatic carbocycles. The van der Waals surface area contributed by atoms with Gasteiger partial charge in [-0.2, -0.15) is 0 Å². The van der Waals surface area contributed by atoms with E-state index in [2.05, 4.69) is 90.2 Å². The number of ether oxygens (including phenoxy) is 1. The van der Waals surface area contributed by atoms with Crippen LogP contribution in [-0.2, 0) is 10.3 Å². The Balaban J connectivity index is 1.60. The first-order chi connectivity index (χ1) is 17.7. The van der Waals surface area contributed by atoms with Gasteiger partial charge in [0.15, 0.2) is 0 Å². The van der Waals surface area contributed by atoms with Crippen molar-refractivity contribution in [2.24, 2.45) is 0 Å². The minimum absolute atomic E-state index is 0.0419. The number of carbonyl (C=O) groups excluding carboxylic acids is 1. The Hall–Kier alpha value is -3.89. The monoisotopic (exact) mass is 476 g/mol. The van der Waals surface area contributed by atoms with Crippen LogP contribution in [0.4, 0.5) is 4.79 Å². The topological polar surface area (TPSA) is 41.6 Å². The molecule has 2 atom stereocenters. The average molecular weight is 477 g/mol. The molecule has 4 heteroatoms.